The van der Waals surface area contributed by atoms with Gasteiger partial charge in [0, 0.05) is 29.4 Å². The molecular formula is C25H28NOP. The van der Waals surface area contributed by atoms with E-state index in [4.69, 9.17) is 4.74 Å². The van der Waals surface area contributed by atoms with Crippen LogP contribution in [0.15, 0.2) is 72.8 Å². The Balaban J connectivity index is 1.56. The second-order valence-corrected chi connectivity index (χ2v) is 8.79. The minimum absolute atomic E-state index is 0.596. The molecule has 0 aliphatic carbocycles. The van der Waals surface area contributed by atoms with E-state index in [1.54, 1.807) is 0 Å². The molecule has 1 aliphatic heterocycles. The molecule has 144 valence electrons. The van der Waals surface area contributed by atoms with E-state index in [0.717, 1.165) is 5.75 Å². The zero-order valence-electron chi connectivity index (χ0n) is 16.5. The molecule has 3 heteroatoms. The average molecular weight is 389 g/mol. The van der Waals surface area contributed by atoms with Crippen LogP contribution >= 0.6 is 8.58 Å². The number of anilines is 1. The Labute approximate surface area is 170 Å². The number of ether oxygens (including phenoxy) is 1. The quantitative estimate of drug-likeness (QED) is 0.538. The van der Waals surface area contributed by atoms with Gasteiger partial charge in [-0.15, -0.1) is 0 Å². The zero-order chi connectivity index (χ0) is 19.2. The molecule has 0 bridgehead atoms. The Morgan fingerprint density at radius 3 is 2.39 bits per heavy atom. The number of rotatable bonds is 6. The number of aryl methyl sites for hydroxylation is 1. The van der Waals surface area contributed by atoms with Crippen molar-refractivity contribution < 1.29 is 4.74 Å². The highest BCUT2D eigenvalue weighted by molar-refractivity contribution is 7.56. The van der Waals surface area contributed by atoms with Crippen molar-refractivity contribution in [2.24, 2.45) is 0 Å². The molecular weight excluding hydrogens is 361 g/mol. The molecule has 0 amide bonds. The fourth-order valence-electron chi connectivity index (χ4n) is 3.72. The zero-order valence-corrected chi connectivity index (χ0v) is 17.5. The van der Waals surface area contributed by atoms with Gasteiger partial charge >= 0.3 is 0 Å². The summed E-state index contributed by atoms with van der Waals surface area (Å²) in [5.41, 5.74) is 3.95. The summed E-state index contributed by atoms with van der Waals surface area (Å²) in [7, 11) is 0.596. The van der Waals surface area contributed by atoms with Gasteiger partial charge in [-0.1, -0.05) is 69.2 Å². The van der Waals surface area contributed by atoms with Gasteiger partial charge in [-0.2, -0.15) is 0 Å². The van der Waals surface area contributed by atoms with Crippen molar-refractivity contribution in [1.29, 1.82) is 0 Å². The van der Waals surface area contributed by atoms with E-state index in [9.17, 15) is 0 Å². The summed E-state index contributed by atoms with van der Waals surface area (Å²) >= 11 is 0. The number of piperidine rings is 1. The first-order valence-corrected chi connectivity index (χ1v) is 11.2. The molecule has 1 aliphatic rings. The van der Waals surface area contributed by atoms with Crippen LogP contribution in [0.4, 0.5) is 5.69 Å². The molecule has 1 saturated heterocycles. The van der Waals surface area contributed by atoms with Crippen LogP contribution in [0.2, 0.25) is 0 Å². The number of para-hydroxylation sites is 1. The lowest BCUT2D eigenvalue weighted by molar-refractivity contribution is 0.309. The topological polar surface area (TPSA) is 12.5 Å². The molecule has 1 heterocycles. The van der Waals surface area contributed by atoms with E-state index in [1.165, 1.54) is 59.8 Å². The summed E-state index contributed by atoms with van der Waals surface area (Å²) in [5.74, 6) is 0.995. The second kappa shape index (κ2) is 9.26. The molecule has 4 rings (SSSR count). The number of benzene rings is 3. The van der Waals surface area contributed by atoms with Gasteiger partial charge in [0.1, 0.15) is 12.4 Å². The van der Waals surface area contributed by atoms with Crippen molar-refractivity contribution in [3.8, 4) is 5.75 Å². The maximum Gasteiger partial charge on any atom is 0.127 e. The van der Waals surface area contributed by atoms with E-state index in [2.05, 4.69) is 78.6 Å². The molecule has 1 atom stereocenters. The van der Waals surface area contributed by atoms with Gasteiger partial charge in [0.2, 0.25) is 0 Å². The molecule has 1 unspecified atom stereocenters. The van der Waals surface area contributed by atoms with Crippen molar-refractivity contribution in [3.05, 3.63) is 83.9 Å². The van der Waals surface area contributed by atoms with Crippen molar-refractivity contribution in [2.75, 3.05) is 18.0 Å². The van der Waals surface area contributed by atoms with Crippen LogP contribution in [0.1, 0.15) is 30.4 Å². The van der Waals surface area contributed by atoms with Crippen molar-refractivity contribution >= 4 is 24.9 Å². The third kappa shape index (κ3) is 4.75. The van der Waals surface area contributed by atoms with Gasteiger partial charge in [-0.3, -0.25) is 0 Å². The van der Waals surface area contributed by atoms with Crippen LogP contribution in [-0.4, -0.2) is 13.1 Å². The molecule has 28 heavy (non-hydrogen) atoms. The van der Waals surface area contributed by atoms with Gasteiger partial charge in [0.05, 0.1) is 0 Å². The predicted molar refractivity (Wildman–Crippen MR) is 122 cm³/mol. The second-order valence-electron chi connectivity index (χ2n) is 7.46. The van der Waals surface area contributed by atoms with Crippen LogP contribution in [-0.2, 0) is 6.61 Å². The van der Waals surface area contributed by atoms with E-state index < -0.39 is 0 Å². The normalized spacial score (nSPS) is 14.5. The number of nitrogens with zero attached hydrogens (tertiary/aromatic N) is 1. The lowest BCUT2D eigenvalue weighted by Crippen LogP contribution is -2.32. The summed E-state index contributed by atoms with van der Waals surface area (Å²) in [6.45, 7) is 5.15. The highest BCUT2D eigenvalue weighted by atomic mass is 31.1. The first-order valence-electron chi connectivity index (χ1n) is 10.2. The van der Waals surface area contributed by atoms with Crippen molar-refractivity contribution in [1.82, 2.24) is 0 Å². The Morgan fingerprint density at radius 1 is 0.821 bits per heavy atom. The first-order chi connectivity index (χ1) is 13.8. The number of hydrogen-bond acceptors (Lipinski definition) is 2. The first kappa shape index (κ1) is 19.0. The Bertz CT molecular complexity index is 903. The predicted octanol–water partition coefficient (Wildman–Crippen LogP) is 5.19. The summed E-state index contributed by atoms with van der Waals surface area (Å²) in [5, 5.41) is 2.70. The van der Waals surface area contributed by atoms with Crippen LogP contribution in [0.25, 0.3) is 0 Å². The molecule has 0 radical (unpaired) electrons. The fourth-order valence-corrected chi connectivity index (χ4v) is 4.99. The van der Waals surface area contributed by atoms with Gasteiger partial charge in [-0.05, 0) is 49.4 Å². The molecule has 2 nitrogen and oxygen atoms in total. The van der Waals surface area contributed by atoms with Gasteiger partial charge in [-0.25, -0.2) is 0 Å². The fraction of sp³-hybridized carbons (Fsp3) is 0.280. The smallest absolute Gasteiger partial charge is 0.127 e. The maximum absolute atomic E-state index is 6.20. The van der Waals surface area contributed by atoms with Crippen LogP contribution in [0, 0.1) is 6.92 Å². The minimum atomic E-state index is 0.596. The molecule has 3 aromatic rings. The van der Waals surface area contributed by atoms with Crippen molar-refractivity contribution in [2.45, 2.75) is 32.8 Å². The van der Waals surface area contributed by atoms with Crippen LogP contribution < -0.4 is 20.2 Å². The van der Waals surface area contributed by atoms with E-state index in [-0.39, 0.29) is 0 Å². The van der Waals surface area contributed by atoms with E-state index >= 15 is 0 Å². The monoisotopic (exact) mass is 389 g/mol. The Kier molecular flexibility index (Phi) is 6.29. The van der Waals surface area contributed by atoms with E-state index in [1.807, 2.05) is 6.07 Å². The highest BCUT2D eigenvalue weighted by Gasteiger charge is 2.16. The van der Waals surface area contributed by atoms with Crippen LogP contribution in [0.5, 0.6) is 5.75 Å². The number of hydrogen-bond donors (Lipinski definition) is 0. The largest absolute Gasteiger partial charge is 0.488 e. The molecule has 1 fully saturated rings. The standard InChI is InChI=1S/C25H28NOP/c1-20-14-15-24(22(18-20)26-16-8-3-9-17-26)28-25-13-7-6-12-23(25)27-19-21-10-4-2-5-11-21/h2,4-7,10-15,18,28H,3,8-9,16-17,19H2,1H3. The lowest BCUT2D eigenvalue weighted by atomic mass is 10.1. The Hall–Kier alpha value is -2.31. The molecule has 0 aromatic heterocycles. The van der Waals surface area contributed by atoms with Gasteiger partial charge in [0.15, 0.2) is 0 Å². The highest BCUT2D eigenvalue weighted by Crippen LogP contribution is 2.28. The molecule has 0 spiro atoms. The van der Waals surface area contributed by atoms with Crippen molar-refractivity contribution in [3.63, 3.8) is 0 Å². The molecule has 0 N–H and O–H groups in total. The molecule has 3 aromatic carbocycles. The van der Waals surface area contributed by atoms with Gasteiger partial charge < -0.3 is 9.64 Å². The average Bonchev–Trinajstić information content (AvgIpc) is 2.76. The SMILES string of the molecule is Cc1ccc(Pc2ccccc2OCc2ccccc2)c(N2CCCCC2)c1. The van der Waals surface area contributed by atoms with Crippen LogP contribution in [0.3, 0.4) is 0 Å². The minimum Gasteiger partial charge on any atom is -0.488 e. The lowest BCUT2D eigenvalue weighted by Gasteiger charge is -2.31. The third-order valence-electron chi connectivity index (χ3n) is 5.24. The summed E-state index contributed by atoms with van der Waals surface area (Å²) in [6.07, 6.45) is 3.95. The third-order valence-corrected chi connectivity index (χ3v) is 6.62. The summed E-state index contributed by atoms with van der Waals surface area (Å²) in [4.78, 5) is 2.58. The summed E-state index contributed by atoms with van der Waals surface area (Å²) in [6, 6.07) is 25.8. The maximum atomic E-state index is 6.20. The molecule has 0 saturated carbocycles. The van der Waals surface area contributed by atoms with Gasteiger partial charge in [0.25, 0.3) is 0 Å². The summed E-state index contributed by atoms with van der Waals surface area (Å²) < 4.78 is 6.20. The Morgan fingerprint density at radius 2 is 1.57 bits per heavy atom. The van der Waals surface area contributed by atoms with E-state index in [0.29, 0.717) is 15.2 Å².